The van der Waals surface area contributed by atoms with Crippen molar-refractivity contribution in [3.63, 3.8) is 0 Å². The van der Waals surface area contributed by atoms with Gasteiger partial charge in [0.2, 0.25) is 11.6 Å². The van der Waals surface area contributed by atoms with Crippen molar-refractivity contribution in [2.45, 2.75) is 20.8 Å². The highest BCUT2D eigenvalue weighted by molar-refractivity contribution is 6.06. The zero-order chi connectivity index (χ0) is 24.6. The smallest absolute Gasteiger partial charge is 0.260 e. The second-order valence-corrected chi connectivity index (χ2v) is 7.24. The van der Waals surface area contributed by atoms with E-state index in [2.05, 4.69) is 20.4 Å². The standard InChI is InChI=1S/C26H26N4O5/c1-4-32-21-15-17(16-22(33-5-2)23(21)34-6-3)25(31)28-19-12-8-7-11-18(19)26-29-24(30-35-26)20-13-9-10-14-27-20/h7-16H,4-6H2,1-3H3,(H,28,31). The SMILES string of the molecule is CCOc1cc(C(=O)Nc2ccccc2-c2nc(-c3ccccn3)no2)cc(OCC)c1OCC. The number of pyridine rings is 1. The lowest BCUT2D eigenvalue weighted by Crippen LogP contribution is -2.14. The zero-order valence-electron chi connectivity index (χ0n) is 19.8. The average molecular weight is 475 g/mol. The Morgan fingerprint density at radius 2 is 1.60 bits per heavy atom. The summed E-state index contributed by atoms with van der Waals surface area (Å²) in [4.78, 5) is 22.0. The van der Waals surface area contributed by atoms with E-state index in [9.17, 15) is 4.79 Å². The normalized spacial score (nSPS) is 10.6. The van der Waals surface area contributed by atoms with Gasteiger partial charge in [0.1, 0.15) is 5.69 Å². The summed E-state index contributed by atoms with van der Waals surface area (Å²) in [6.07, 6.45) is 1.66. The van der Waals surface area contributed by atoms with Gasteiger partial charge in [0.05, 0.1) is 31.1 Å². The molecule has 0 spiro atoms. The van der Waals surface area contributed by atoms with Crippen molar-refractivity contribution in [3.8, 4) is 40.2 Å². The highest BCUT2D eigenvalue weighted by Gasteiger charge is 2.20. The number of para-hydroxylation sites is 1. The molecule has 2 heterocycles. The predicted molar refractivity (Wildman–Crippen MR) is 131 cm³/mol. The van der Waals surface area contributed by atoms with E-state index in [-0.39, 0.29) is 11.8 Å². The van der Waals surface area contributed by atoms with Gasteiger partial charge >= 0.3 is 0 Å². The summed E-state index contributed by atoms with van der Waals surface area (Å²) in [5.41, 5.74) is 2.04. The first kappa shape index (κ1) is 23.7. The number of nitrogens with zero attached hydrogens (tertiary/aromatic N) is 3. The molecule has 0 aliphatic heterocycles. The van der Waals surface area contributed by atoms with Crippen molar-refractivity contribution < 1.29 is 23.5 Å². The van der Waals surface area contributed by atoms with Crippen LogP contribution in [0.2, 0.25) is 0 Å². The molecule has 2 aromatic carbocycles. The van der Waals surface area contributed by atoms with Crippen LogP contribution < -0.4 is 19.5 Å². The topological polar surface area (TPSA) is 109 Å². The molecule has 0 unspecified atom stereocenters. The van der Waals surface area contributed by atoms with Crippen LogP contribution in [-0.4, -0.2) is 40.9 Å². The minimum absolute atomic E-state index is 0.262. The average Bonchev–Trinajstić information content (AvgIpc) is 3.37. The molecule has 0 radical (unpaired) electrons. The highest BCUT2D eigenvalue weighted by atomic mass is 16.5. The number of carbonyl (C=O) groups excluding carboxylic acids is 1. The van der Waals surface area contributed by atoms with Crippen molar-refractivity contribution in [2.75, 3.05) is 25.1 Å². The lowest BCUT2D eigenvalue weighted by molar-refractivity contribution is 0.102. The molecule has 1 amide bonds. The Balaban J connectivity index is 1.65. The molecule has 9 nitrogen and oxygen atoms in total. The van der Waals surface area contributed by atoms with Gasteiger partial charge in [-0.3, -0.25) is 9.78 Å². The first-order valence-corrected chi connectivity index (χ1v) is 11.4. The number of aromatic nitrogens is 3. The summed E-state index contributed by atoms with van der Waals surface area (Å²) in [5, 5.41) is 6.95. The van der Waals surface area contributed by atoms with Gasteiger partial charge < -0.3 is 24.1 Å². The summed E-state index contributed by atoms with van der Waals surface area (Å²) in [5.74, 6) is 1.62. The van der Waals surface area contributed by atoms with Crippen LogP contribution in [0.3, 0.4) is 0 Å². The van der Waals surface area contributed by atoms with Crippen molar-refractivity contribution in [2.24, 2.45) is 0 Å². The number of benzene rings is 2. The van der Waals surface area contributed by atoms with E-state index in [1.807, 2.05) is 45.0 Å². The van der Waals surface area contributed by atoms with E-state index in [1.54, 1.807) is 36.5 Å². The van der Waals surface area contributed by atoms with Crippen molar-refractivity contribution in [3.05, 3.63) is 66.4 Å². The lowest BCUT2D eigenvalue weighted by atomic mass is 10.1. The van der Waals surface area contributed by atoms with E-state index in [0.717, 1.165) is 0 Å². The number of ether oxygens (including phenoxy) is 3. The summed E-state index contributed by atoms with van der Waals surface area (Å²) in [6, 6.07) is 15.9. The number of rotatable bonds is 10. The van der Waals surface area contributed by atoms with Gasteiger partial charge in [-0.2, -0.15) is 4.98 Å². The second kappa shape index (κ2) is 11.1. The Morgan fingerprint density at radius 3 is 2.26 bits per heavy atom. The maximum absolute atomic E-state index is 13.3. The first-order valence-electron chi connectivity index (χ1n) is 11.4. The number of hydrogen-bond acceptors (Lipinski definition) is 8. The molecule has 0 bridgehead atoms. The molecule has 4 rings (SSSR count). The number of hydrogen-bond donors (Lipinski definition) is 1. The molecular weight excluding hydrogens is 448 g/mol. The number of amides is 1. The fourth-order valence-electron chi connectivity index (χ4n) is 3.42. The highest BCUT2D eigenvalue weighted by Crippen LogP contribution is 2.39. The summed E-state index contributed by atoms with van der Waals surface area (Å²) < 4.78 is 22.7. The number of anilines is 1. The van der Waals surface area contributed by atoms with Crippen LogP contribution in [0.4, 0.5) is 5.69 Å². The number of nitrogens with one attached hydrogen (secondary N) is 1. The number of carbonyl (C=O) groups is 1. The van der Waals surface area contributed by atoms with Crippen LogP contribution in [-0.2, 0) is 0 Å². The van der Waals surface area contributed by atoms with Crippen LogP contribution in [0.15, 0.2) is 65.3 Å². The molecule has 2 aromatic heterocycles. The maximum atomic E-state index is 13.3. The van der Waals surface area contributed by atoms with Gasteiger partial charge in [-0.05, 0) is 57.2 Å². The third kappa shape index (κ3) is 5.40. The minimum Gasteiger partial charge on any atom is -0.490 e. The van der Waals surface area contributed by atoms with E-state index in [1.165, 1.54) is 0 Å². The van der Waals surface area contributed by atoms with E-state index in [4.69, 9.17) is 18.7 Å². The van der Waals surface area contributed by atoms with Crippen LogP contribution in [0.1, 0.15) is 31.1 Å². The van der Waals surface area contributed by atoms with Crippen LogP contribution in [0.25, 0.3) is 23.0 Å². The first-order chi connectivity index (χ1) is 17.1. The Morgan fingerprint density at radius 1 is 0.914 bits per heavy atom. The van der Waals surface area contributed by atoms with Crippen molar-refractivity contribution >= 4 is 11.6 Å². The second-order valence-electron chi connectivity index (χ2n) is 7.24. The molecule has 9 heteroatoms. The van der Waals surface area contributed by atoms with E-state index in [0.29, 0.717) is 65.4 Å². The van der Waals surface area contributed by atoms with E-state index < -0.39 is 0 Å². The molecule has 1 N–H and O–H groups in total. The molecule has 0 aliphatic rings. The summed E-state index contributed by atoms with van der Waals surface area (Å²) in [6.45, 7) is 6.86. The van der Waals surface area contributed by atoms with Crippen LogP contribution in [0, 0.1) is 0 Å². The molecular formula is C26H26N4O5. The van der Waals surface area contributed by atoms with Crippen molar-refractivity contribution in [1.29, 1.82) is 0 Å². The fraction of sp³-hybridized carbons (Fsp3) is 0.231. The van der Waals surface area contributed by atoms with Gasteiger partial charge in [0.25, 0.3) is 11.8 Å². The Bertz CT molecular complexity index is 1260. The Kier molecular flexibility index (Phi) is 7.57. The Hall–Kier alpha value is -4.40. The van der Waals surface area contributed by atoms with Crippen LogP contribution in [0.5, 0.6) is 17.2 Å². The van der Waals surface area contributed by atoms with Gasteiger partial charge in [0.15, 0.2) is 11.5 Å². The van der Waals surface area contributed by atoms with Gasteiger partial charge in [-0.1, -0.05) is 23.4 Å². The molecule has 0 atom stereocenters. The zero-order valence-corrected chi connectivity index (χ0v) is 19.8. The third-order valence-corrected chi connectivity index (χ3v) is 4.90. The maximum Gasteiger partial charge on any atom is 0.260 e. The molecule has 4 aromatic rings. The lowest BCUT2D eigenvalue weighted by Gasteiger charge is -2.17. The molecule has 0 fully saturated rings. The van der Waals surface area contributed by atoms with Gasteiger partial charge in [-0.15, -0.1) is 0 Å². The van der Waals surface area contributed by atoms with Gasteiger partial charge in [-0.25, -0.2) is 0 Å². The summed E-state index contributed by atoms with van der Waals surface area (Å²) >= 11 is 0. The molecule has 35 heavy (non-hydrogen) atoms. The Labute approximate surface area is 203 Å². The molecule has 0 aliphatic carbocycles. The largest absolute Gasteiger partial charge is 0.490 e. The van der Waals surface area contributed by atoms with Gasteiger partial charge in [0, 0.05) is 11.8 Å². The fourth-order valence-corrected chi connectivity index (χ4v) is 3.42. The summed E-state index contributed by atoms with van der Waals surface area (Å²) in [7, 11) is 0. The van der Waals surface area contributed by atoms with E-state index >= 15 is 0 Å². The minimum atomic E-state index is -0.355. The quantitative estimate of drug-likeness (QED) is 0.332. The third-order valence-electron chi connectivity index (χ3n) is 4.90. The molecule has 0 saturated heterocycles. The molecule has 0 saturated carbocycles. The molecule has 180 valence electrons. The monoisotopic (exact) mass is 474 g/mol. The predicted octanol–water partition coefficient (Wildman–Crippen LogP) is 5.25. The van der Waals surface area contributed by atoms with Crippen molar-refractivity contribution in [1.82, 2.24) is 15.1 Å². The van der Waals surface area contributed by atoms with Crippen LogP contribution >= 0.6 is 0 Å².